The molecule has 1 aromatic heterocycles. The van der Waals surface area contributed by atoms with Gasteiger partial charge in [-0.05, 0) is 43.3 Å². The van der Waals surface area contributed by atoms with Crippen LogP contribution in [0.3, 0.4) is 0 Å². The van der Waals surface area contributed by atoms with E-state index in [2.05, 4.69) is 5.32 Å². The van der Waals surface area contributed by atoms with Crippen LogP contribution in [0.4, 0.5) is 0 Å². The second-order valence-electron chi connectivity index (χ2n) is 3.55. The van der Waals surface area contributed by atoms with Gasteiger partial charge in [-0.2, -0.15) is 0 Å². The Hall–Kier alpha value is -0.380. The number of rotatable bonds is 2. The van der Waals surface area contributed by atoms with Crippen molar-refractivity contribution >= 4 is 11.3 Å². The van der Waals surface area contributed by atoms with Crippen molar-refractivity contribution in [2.75, 3.05) is 13.1 Å². The monoisotopic (exact) mass is 197 g/mol. The van der Waals surface area contributed by atoms with E-state index in [9.17, 15) is 5.11 Å². The molecule has 0 aromatic carbocycles. The average molecular weight is 197 g/mol. The molecule has 13 heavy (non-hydrogen) atoms. The molecule has 2 nitrogen and oxygen atoms in total. The lowest BCUT2D eigenvalue weighted by Gasteiger charge is -2.26. The lowest BCUT2D eigenvalue weighted by atomic mass is 9.91. The summed E-state index contributed by atoms with van der Waals surface area (Å²) in [5.74, 6) is 0.458. The Morgan fingerprint density at radius 2 is 2.23 bits per heavy atom. The minimum absolute atomic E-state index is 0.234. The Kier molecular flexibility index (Phi) is 2.98. The molecular weight excluding hydrogens is 182 g/mol. The molecule has 0 aliphatic carbocycles. The van der Waals surface area contributed by atoms with Crippen LogP contribution in [0.1, 0.15) is 23.8 Å². The van der Waals surface area contributed by atoms with E-state index in [1.807, 2.05) is 17.5 Å². The molecule has 3 heteroatoms. The lowest BCUT2D eigenvalue weighted by molar-refractivity contribution is 0.0920. The smallest absolute Gasteiger partial charge is 0.0910 e. The van der Waals surface area contributed by atoms with Gasteiger partial charge >= 0.3 is 0 Å². The van der Waals surface area contributed by atoms with Crippen LogP contribution in [-0.2, 0) is 0 Å². The maximum absolute atomic E-state index is 10.0. The summed E-state index contributed by atoms with van der Waals surface area (Å²) >= 11 is 1.65. The highest BCUT2D eigenvalue weighted by Crippen LogP contribution is 2.30. The summed E-state index contributed by atoms with van der Waals surface area (Å²) in [5, 5.41) is 15.4. The molecule has 1 saturated heterocycles. The predicted molar refractivity (Wildman–Crippen MR) is 54.9 cm³/mol. The zero-order valence-corrected chi connectivity index (χ0v) is 8.39. The van der Waals surface area contributed by atoms with Crippen molar-refractivity contribution in [2.24, 2.45) is 5.92 Å². The van der Waals surface area contributed by atoms with Crippen molar-refractivity contribution in [1.29, 1.82) is 0 Å². The van der Waals surface area contributed by atoms with Crippen LogP contribution < -0.4 is 5.32 Å². The topological polar surface area (TPSA) is 32.3 Å². The maximum Gasteiger partial charge on any atom is 0.0910 e. The van der Waals surface area contributed by atoms with Gasteiger partial charge in [-0.25, -0.2) is 0 Å². The molecule has 0 saturated carbocycles. The van der Waals surface area contributed by atoms with E-state index in [-0.39, 0.29) is 6.10 Å². The van der Waals surface area contributed by atoms with E-state index >= 15 is 0 Å². The van der Waals surface area contributed by atoms with Gasteiger partial charge < -0.3 is 10.4 Å². The van der Waals surface area contributed by atoms with Crippen LogP contribution >= 0.6 is 11.3 Å². The van der Waals surface area contributed by atoms with Crippen LogP contribution in [0.15, 0.2) is 17.5 Å². The Morgan fingerprint density at radius 1 is 1.46 bits per heavy atom. The highest BCUT2D eigenvalue weighted by molar-refractivity contribution is 7.10. The Bertz CT molecular complexity index is 241. The van der Waals surface area contributed by atoms with E-state index in [0.717, 1.165) is 30.8 Å². The summed E-state index contributed by atoms with van der Waals surface area (Å²) in [6.07, 6.45) is 1.96. The summed E-state index contributed by atoms with van der Waals surface area (Å²) in [7, 11) is 0. The summed E-state index contributed by atoms with van der Waals surface area (Å²) in [4.78, 5) is 1.12. The third-order valence-electron chi connectivity index (χ3n) is 2.67. The molecule has 1 aliphatic rings. The highest BCUT2D eigenvalue weighted by atomic mass is 32.1. The minimum Gasteiger partial charge on any atom is -0.387 e. The number of hydrogen-bond donors (Lipinski definition) is 2. The van der Waals surface area contributed by atoms with Gasteiger partial charge in [0.15, 0.2) is 0 Å². The number of hydrogen-bond acceptors (Lipinski definition) is 3. The van der Waals surface area contributed by atoms with Gasteiger partial charge in [-0.15, -0.1) is 11.3 Å². The first-order chi connectivity index (χ1) is 6.38. The standard InChI is InChI=1S/C10H15NOS/c12-10(9-2-1-7-13-9)8-3-5-11-6-4-8/h1-2,7-8,10-12H,3-6H2. The number of nitrogens with one attached hydrogen (secondary N) is 1. The van der Waals surface area contributed by atoms with Gasteiger partial charge in [0.25, 0.3) is 0 Å². The van der Waals surface area contributed by atoms with Gasteiger partial charge in [0.1, 0.15) is 0 Å². The van der Waals surface area contributed by atoms with E-state index in [1.54, 1.807) is 11.3 Å². The molecule has 1 unspecified atom stereocenters. The fourth-order valence-corrected chi connectivity index (χ4v) is 2.66. The maximum atomic E-state index is 10.0. The molecule has 1 fully saturated rings. The van der Waals surface area contributed by atoms with Crippen LogP contribution in [0.2, 0.25) is 0 Å². The molecule has 0 spiro atoms. The van der Waals surface area contributed by atoms with Crippen molar-refractivity contribution in [3.05, 3.63) is 22.4 Å². The van der Waals surface area contributed by atoms with Crippen molar-refractivity contribution in [2.45, 2.75) is 18.9 Å². The number of thiophene rings is 1. The molecule has 2 N–H and O–H groups in total. The average Bonchev–Trinajstić information content (AvgIpc) is 2.71. The molecule has 1 aromatic rings. The fraction of sp³-hybridized carbons (Fsp3) is 0.600. The van der Waals surface area contributed by atoms with E-state index in [1.165, 1.54) is 0 Å². The second kappa shape index (κ2) is 4.22. The Balaban J connectivity index is 1.99. The summed E-state index contributed by atoms with van der Waals surface area (Å²) in [6.45, 7) is 2.10. The van der Waals surface area contributed by atoms with Crippen molar-refractivity contribution in [3.8, 4) is 0 Å². The van der Waals surface area contributed by atoms with Crippen LogP contribution in [0.25, 0.3) is 0 Å². The summed E-state index contributed by atoms with van der Waals surface area (Å²) in [5.41, 5.74) is 0. The van der Waals surface area contributed by atoms with Gasteiger partial charge in [0.05, 0.1) is 6.10 Å². The van der Waals surface area contributed by atoms with Crippen LogP contribution in [0, 0.1) is 5.92 Å². The largest absolute Gasteiger partial charge is 0.387 e. The van der Waals surface area contributed by atoms with Crippen molar-refractivity contribution in [1.82, 2.24) is 5.32 Å². The Morgan fingerprint density at radius 3 is 2.85 bits per heavy atom. The van der Waals surface area contributed by atoms with Gasteiger partial charge in [0.2, 0.25) is 0 Å². The third kappa shape index (κ3) is 2.10. The first-order valence-electron chi connectivity index (χ1n) is 4.80. The molecule has 72 valence electrons. The van der Waals surface area contributed by atoms with Gasteiger partial charge in [0, 0.05) is 4.88 Å². The van der Waals surface area contributed by atoms with Gasteiger partial charge in [-0.1, -0.05) is 6.07 Å². The number of aliphatic hydroxyl groups is 1. The first kappa shape index (κ1) is 9.19. The summed E-state index contributed by atoms with van der Waals surface area (Å²) in [6, 6.07) is 4.03. The van der Waals surface area contributed by atoms with Gasteiger partial charge in [-0.3, -0.25) is 0 Å². The molecular formula is C10H15NOS. The third-order valence-corrected chi connectivity index (χ3v) is 3.61. The van der Waals surface area contributed by atoms with Crippen LogP contribution in [0.5, 0.6) is 0 Å². The lowest BCUT2D eigenvalue weighted by Crippen LogP contribution is -2.30. The van der Waals surface area contributed by atoms with Crippen molar-refractivity contribution < 1.29 is 5.11 Å². The van der Waals surface area contributed by atoms with Crippen molar-refractivity contribution in [3.63, 3.8) is 0 Å². The normalized spacial score (nSPS) is 21.6. The molecule has 1 aliphatic heterocycles. The highest BCUT2D eigenvalue weighted by Gasteiger charge is 2.23. The quantitative estimate of drug-likeness (QED) is 0.757. The minimum atomic E-state index is -0.234. The molecule has 0 bridgehead atoms. The molecule has 0 radical (unpaired) electrons. The van der Waals surface area contributed by atoms with Crippen LogP contribution in [-0.4, -0.2) is 18.2 Å². The molecule has 2 heterocycles. The SMILES string of the molecule is OC(c1cccs1)C1CCNCC1. The fourth-order valence-electron chi connectivity index (χ4n) is 1.85. The molecule has 1 atom stereocenters. The van der Waals surface area contributed by atoms with E-state index < -0.39 is 0 Å². The number of aliphatic hydroxyl groups excluding tert-OH is 1. The zero-order chi connectivity index (χ0) is 9.10. The van der Waals surface area contributed by atoms with E-state index in [4.69, 9.17) is 0 Å². The second-order valence-corrected chi connectivity index (χ2v) is 4.53. The Labute approximate surface area is 82.6 Å². The first-order valence-corrected chi connectivity index (χ1v) is 5.68. The zero-order valence-electron chi connectivity index (χ0n) is 7.57. The number of piperidine rings is 1. The molecule has 2 rings (SSSR count). The predicted octanol–water partition coefficient (Wildman–Crippen LogP) is 1.78. The molecule has 0 amide bonds. The van der Waals surface area contributed by atoms with E-state index in [0.29, 0.717) is 5.92 Å². The summed E-state index contributed by atoms with van der Waals surface area (Å²) < 4.78 is 0.